The van der Waals surface area contributed by atoms with E-state index in [2.05, 4.69) is 23.7 Å². The second-order valence-corrected chi connectivity index (χ2v) is 5.65. The molecule has 0 atom stereocenters. The normalized spacial score (nSPS) is 9.44. The van der Waals surface area contributed by atoms with E-state index in [-0.39, 0.29) is 0 Å². The Kier molecular flexibility index (Phi) is 5.77. The Balaban J connectivity index is 1.76. The Hall–Kier alpha value is -3.69. The number of ether oxygens (including phenoxy) is 2. The second-order valence-electron chi connectivity index (χ2n) is 5.65. The number of benzene rings is 3. The highest BCUT2D eigenvalue weighted by Crippen LogP contribution is 2.13. The van der Waals surface area contributed by atoms with Crippen molar-refractivity contribution in [1.82, 2.24) is 0 Å². The molecule has 0 aliphatic rings. The highest BCUT2D eigenvalue weighted by molar-refractivity contribution is 5.49. The summed E-state index contributed by atoms with van der Waals surface area (Å²) in [4.78, 5) is 0. The van der Waals surface area contributed by atoms with E-state index in [0.717, 1.165) is 22.6 Å². The summed E-state index contributed by atoms with van der Waals surface area (Å²) in [6, 6.07) is 19.5. The van der Waals surface area contributed by atoms with Gasteiger partial charge in [-0.2, -0.15) is 0 Å². The summed E-state index contributed by atoms with van der Waals surface area (Å²) in [7, 11) is 3.22. The number of hydrogen-bond donors (Lipinski definition) is 0. The average molecular weight is 356 g/mol. The summed E-state index contributed by atoms with van der Waals surface area (Å²) in [6.07, 6.45) is 0. The topological polar surface area (TPSA) is 18.5 Å². The van der Waals surface area contributed by atoms with Gasteiger partial charge >= 0.3 is 0 Å². The van der Waals surface area contributed by atoms with E-state index >= 15 is 0 Å². The Morgan fingerprint density at radius 1 is 0.593 bits per heavy atom. The SMILES string of the molecule is COc1ccc(C#Cc2ccc(C#Cc3ccc(OC)cc3)c(F)c2)cc1. The zero-order valence-electron chi connectivity index (χ0n) is 15.0. The third-order valence-electron chi connectivity index (χ3n) is 3.84. The zero-order valence-corrected chi connectivity index (χ0v) is 15.0. The largest absolute Gasteiger partial charge is 0.497 e. The first-order valence-electron chi connectivity index (χ1n) is 8.29. The molecule has 0 aromatic heterocycles. The van der Waals surface area contributed by atoms with Crippen molar-refractivity contribution >= 4 is 0 Å². The van der Waals surface area contributed by atoms with Crippen LogP contribution in [0.3, 0.4) is 0 Å². The third-order valence-corrected chi connectivity index (χ3v) is 3.84. The van der Waals surface area contributed by atoms with Gasteiger partial charge in [0.15, 0.2) is 0 Å². The molecule has 0 saturated carbocycles. The Bertz CT molecular complexity index is 1040. The van der Waals surface area contributed by atoms with Crippen molar-refractivity contribution in [3.05, 3.63) is 94.8 Å². The van der Waals surface area contributed by atoms with Crippen LogP contribution in [0.5, 0.6) is 11.5 Å². The highest BCUT2D eigenvalue weighted by Gasteiger charge is 2.00. The lowest BCUT2D eigenvalue weighted by Gasteiger charge is -1.98. The lowest BCUT2D eigenvalue weighted by molar-refractivity contribution is 0.414. The predicted octanol–water partition coefficient (Wildman–Crippen LogP) is 4.64. The quantitative estimate of drug-likeness (QED) is 0.623. The van der Waals surface area contributed by atoms with Crippen LogP contribution in [0.4, 0.5) is 4.39 Å². The van der Waals surface area contributed by atoms with E-state index in [1.807, 2.05) is 48.5 Å². The van der Waals surface area contributed by atoms with E-state index in [9.17, 15) is 4.39 Å². The number of rotatable bonds is 2. The van der Waals surface area contributed by atoms with Crippen LogP contribution in [-0.2, 0) is 0 Å². The van der Waals surface area contributed by atoms with Crippen molar-refractivity contribution in [3.63, 3.8) is 0 Å². The van der Waals surface area contributed by atoms with Gasteiger partial charge in [-0.25, -0.2) is 4.39 Å². The average Bonchev–Trinajstić information content (AvgIpc) is 2.72. The number of halogens is 1. The minimum absolute atomic E-state index is 0.334. The monoisotopic (exact) mass is 356 g/mol. The van der Waals surface area contributed by atoms with Gasteiger partial charge in [-0.3, -0.25) is 0 Å². The zero-order chi connectivity index (χ0) is 19.1. The maximum absolute atomic E-state index is 14.3. The van der Waals surface area contributed by atoms with Gasteiger partial charge in [0.2, 0.25) is 0 Å². The van der Waals surface area contributed by atoms with Crippen LogP contribution in [0.2, 0.25) is 0 Å². The predicted molar refractivity (Wildman–Crippen MR) is 104 cm³/mol. The molecule has 0 unspecified atom stereocenters. The van der Waals surface area contributed by atoms with Gasteiger partial charge in [0.05, 0.1) is 19.8 Å². The van der Waals surface area contributed by atoms with Gasteiger partial charge < -0.3 is 9.47 Å². The maximum Gasteiger partial charge on any atom is 0.140 e. The molecule has 3 heteroatoms. The fraction of sp³-hybridized carbons (Fsp3) is 0.0833. The van der Waals surface area contributed by atoms with Crippen LogP contribution in [-0.4, -0.2) is 14.2 Å². The fourth-order valence-electron chi connectivity index (χ4n) is 2.33. The van der Waals surface area contributed by atoms with E-state index in [4.69, 9.17) is 9.47 Å². The van der Waals surface area contributed by atoms with E-state index in [1.54, 1.807) is 26.4 Å². The maximum atomic E-state index is 14.3. The highest BCUT2D eigenvalue weighted by atomic mass is 19.1. The van der Waals surface area contributed by atoms with Gasteiger partial charge in [-0.05, 0) is 66.7 Å². The lowest BCUT2D eigenvalue weighted by atomic mass is 10.1. The first kappa shape index (κ1) is 18.1. The Labute approximate surface area is 158 Å². The van der Waals surface area contributed by atoms with Gasteiger partial charge in [-0.15, -0.1) is 0 Å². The molecule has 2 nitrogen and oxygen atoms in total. The molecular weight excluding hydrogens is 339 g/mol. The van der Waals surface area contributed by atoms with Crippen LogP contribution in [0, 0.1) is 29.5 Å². The van der Waals surface area contributed by atoms with E-state index < -0.39 is 5.82 Å². The number of methoxy groups -OCH3 is 2. The molecule has 0 spiro atoms. The molecule has 3 rings (SSSR count). The molecule has 3 aromatic rings. The molecule has 3 aromatic carbocycles. The van der Waals surface area contributed by atoms with Gasteiger partial charge in [0, 0.05) is 16.7 Å². The lowest BCUT2D eigenvalue weighted by Crippen LogP contribution is -1.86. The molecule has 0 aliphatic carbocycles. The van der Waals surface area contributed by atoms with Gasteiger partial charge in [0.1, 0.15) is 17.3 Å². The molecule has 132 valence electrons. The van der Waals surface area contributed by atoms with Crippen LogP contribution in [0.25, 0.3) is 0 Å². The van der Waals surface area contributed by atoms with Crippen molar-refractivity contribution < 1.29 is 13.9 Å². The minimum Gasteiger partial charge on any atom is -0.497 e. The molecule has 0 radical (unpaired) electrons. The standard InChI is InChI=1S/C24H17FO2/c1-26-22-13-7-18(8-14-22)3-4-20-6-12-21(24(25)17-20)11-5-19-9-15-23(27-2)16-10-19/h6-10,12-17H,1-2H3. The summed E-state index contributed by atoms with van der Waals surface area (Å²) in [5.41, 5.74) is 2.55. The van der Waals surface area contributed by atoms with Gasteiger partial charge in [0.25, 0.3) is 0 Å². The van der Waals surface area contributed by atoms with Crippen molar-refractivity contribution in [2.24, 2.45) is 0 Å². The van der Waals surface area contributed by atoms with Crippen LogP contribution in [0.1, 0.15) is 22.3 Å². The molecular formula is C24H17FO2. The van der Waals surface area contributed by atoms with Crippen molar-refractivity contribution in [1.29, 1.82) is 0 Å². The Morgan fingerprint density at radius 3 is 1.52 bits per heavy atom. The van der Waals surface area contributed by atoms with Crippen molar-refractivity contribution in [2.75, 3.05) is 14.2 Å². The minimum atomic E-state index is -0.391. The first-order chi connectivity index (χ1) is 13.2. The molecule has 0 N–H and O–H groups in total. The van der Waals surface area contributed by atoms with Crippen LogP contribution < -0.4 is 9.47 Å². The van der Waals surface area contributed by atoms with Crippen LogP contribution >= 0.6 is 0 Å². The molecule has 0 fully saturated rings. The summed E-state index contributed by atoms with van der Waals surface area (Å²) in [6.45, 7) is 0. The molecule has 27 heavy (non-hydrogen) atoms. The molecule has 0 bridgehead atoms. The van der Waals surface area contributed by atoms with Crippen molar-refractivity contribution in [3.8, 4) is 35.2 Å². The fourth-order valence-corrected chi connectivity index (χ4v) is 2.33. The molecule has 0 aliphatic heterocycles. The molecule has 0 saturated heterocycles. The summed E-state index contributed by atoms with van der Waals surface area (Å²) >= 11 is 0. The second kappa shape index (κ2) is 8.61. The summed E-state index contributed by atoms with van der Waals surface area (Å²) in [5.74, 6) is 12.9. The van der Waals surface area contributed by atoms with E-state index in [0.29, 0.717) is 11.1 Å². The van der Waals surface area contributed by atoms with Crippen LogP contribution in [0.15, 0.2) is 66.7 Å². The number of hydrogen-bond acceptors (Lipinski definition) is 2. The molecule has 0 heterocycles. The Morgan fingerprint density at radius 2 is 1.04 bits per heavy atom. The smallest absolute Gasteiger partial charge is 0.140 e. The first-order valence-corrected chi connectivity index (χ1v) is 8.29. The van der Waals surface area contributed by atoms with Gasteiger partial charge in [-0.1, -0.05) is 23.7 Å². The summed E-state index contributed by atoms with van der Waals surface area (Å²) < 4.78 is 24.5. The van der Waals surface area contributed by atoms with Crippen molar-refractivity contribution in [2.45, 2.75) is 0 Å². The van der Waals surface area contributed by atoms with E-state index in [1.165, 1.54) is 6.07 Å². The summed E-state index contributed by atoms with van der Waals surface area (Å²) in [5, 5.41) is 0. The molecule has 0 amide bonds. The third kappa shape index (κ3) is 4.91.